The lowest BCUT2D eigenvalue weighted by Gasteiger charge is -2.36. The van der Waals surface area contributed by atoms with Gasteiger partial charge in [-0.3, -0.25) is 57.4 Å². The zero-order valence-corrected chi connectivity index (χ0v) is 80.0. The van der Waals surface area contributed by atoms with Crippen molar-refractivity contribution in [1.29, 1.82) is 15.8 Å². The van der Waals surface area contributed by atoms with Crippen LogP contribution in [-0.2, 0) is 14.4 Å². The van der Waals surface area contributed by atoms with Gasteiger partial charge in [-0.1, -0.05) is 166 Å². The normalized spacial score (nSPS) is 13.4. The van der Waals surface area contributed by atoms with Gasteiger partial charge in [-0.2, -0.15) is 15.8 Å². The summed E-state index contributed by atoms with van der Waals surface area (Å²) in [4.78, 5) is 118. The number of anilines is 6. The molecule has 0 atom stereocenters. The molecule has 12 heterocycles. The molecule has 42 heteroatoms. The number of halogens is 15. The number of pyridine rings is 9. The number of nitrogens with two attached hydrogens (primary N) is 3. The predicted octanol–water partition coefficient (Wildman–Crippen LogP) is 19.2. The first-order chi connectivity index (χ1) is 64.0. The highest BCUT2D eigenvalue weighted by Gasteiger charge is 2.38. The summed E-state index contributed by atoms with van der Waals surface area (Å²) in [6.45, 7) is 30.9. The van der Waals surface area contributed by atoms with E-state index < -0.39 is 98.8 Å². The number of benzene rings is 3. The lowest BCUT2D eigenvalue weighted by molar-refractivity contribution is -0.127. The first-order valence-corrected chi connectivity index (χ1v) is 44.7. The lowest BCUT2D eigenvalue weighted by Crippen LogP contribution is -2.49. The third kappa shape index (κ3) is 17.8. The molecule has 0 bridgehead atoms. The number of hydrogen-bond acceptors (Lipinski definition) is 21. The SMILES string of the molecule is C=CC(=O)N1CCN(c2c(C#N)c(=O)n(-c3c(C)ccnc3C(C)C)c3nc(-c4c(N)c(Cl)c(F)c(F)c4Cl)c(Cl)cc23)CC1.C=CC(=O)N1CCN(c2c(C#N)c(=O)n(-c3c(C)ccnc3C(C)C)c3nc(-c4c(N)c(Cl)c(F)c(F)c4Cl)c(Cl)cc23)CC1.C=CC(=O)N1CCN(c2c(C#N)c(=O)n(-c3c(C)ccnc3C(C)C)c3nc(-c4c(N)c(Cl)c(F)c(F)c4Cl)c(Cl)cc23)CC1. The van der Waals surface area contributed by atoms with Gasteiger partial charge in [-0.15, -0.1) is 0 Å². The maximum Gasteiger partial charge on any atom is 0.276 e. The Balaban J connectivity index is 0.000000171. The minimum atomic E-state index is -1.45. The molecule has 135 heavy (non-hydrogen) atoms. The second-order valence-electron chi connectivity index (χ2n) is 32.2. The first-order valence-electron chi connectivity index (χ1n) is 41.3. The van der Waals surface area contributed by atoms with Gasteiger partial charge in [0, 0.05) is 130 Å². The molecule has 15 rings (SSSR count). The Kier molecular flexibility index (Phi) is 29.6. The third-order valence-corrected chi connectivity index (χ3v) is 26.2. The maximum absolute atomic E-state index is 14.8. The molecular weight excluding hydrogens is 1940 g/mol. The maximum atomic E-state index is 14.8. The van der Waals surface area contributed by atoms with Crippen molar-refractivity contribution in [2.75, 3.05) is 110 Å². The largest absolute Gasteiger partial charge is 0.397 e. The van der Waals surface area contributed by atoms with E-state index in [9.17, 15) is 70.9 Å². The standard InChI is InChI=1S/3C31H26Cl3F2N7O2/c3*1-5-19(44)41-8-10-42(11-9-41)29-16-12-18(32)27(20-21(33)23(35)24(36)22(34)25(20)38)40-30(16)43(31(45)17(29)13-37)28-15(4)6-7-39-26(28)14(2)3/h3*5-7,12,14H,1,8-11,38H2,2-4H3. The number of nitriles is 3. The van der Waals surface area contributed by atoms with Gasteiger partial charge in [-0.05, 0) is 110 Å². The summed E-state index contributed by atoms with van der Waals surface area (Å²) < 4.78 is 91.5. The fraction of sp³-hybridized carbons (Fsp3) is 0.258. The van der Waals surface area contributed by atoms with Crippen LogP contribution in [0.15, 0.2) is 107 Å². The summed E-state index contributed by atoms with van der Waals surface area (Å²) in [5.74, 6) is -9.79. The minimum absolute atomic E-state index is 0.0346. The zero-order valence-electron chi connectivity index (χ0n) is 73.2. The van der Waals surface area contributed by atoms with E-state index in [2.05, 4.69) is 52.9 Å². The topological polar surface area (TPSA) is 363 Å². The van der Waals surface area contributed by atoms with Gasteiger partial charge in [0.15, 0.2) is 34.9 Å². The number of nitrogens with zero attached hydrogens (tertiary/aromatic N) is 18. The molecule has 9 aromatic heterocycles. The monoisotopic (exact) mass is 2010 g/mol. The average molecular weight is 2020 g/mol. The number of rotatable bonds is 15. The van der Waals surface area contributed by atoms with Crippen LogP contribution in [0.25, 0.3) is 83.9 Å². The van der Waals surface area contributed by atoms with Crippen LogP contribution in [0.5, 0.6) is 0 Å². The number of carbonyl (C=O) groups is 3. The molecule has 3 aliphatic heterocycles. The molecule has 0 saturated carbocycles. The van der Waals surface area contributed by atoms with Crippen LogP contribution in [-0.4, -0.2) is 155 Å². The highest BCUT2D eigenvalue weighted by atomic mass is 35.5. The van der Waals surface area contributed by atoms with Gasteiger partial charge < -0.3 is 46.6 Å². The second kappa shape index (κ2) is 40.1. The minimum Gasteiger partial charge on any atom is -0.397 e. The molecule has 27 nitrogen and oxygen atoms in total. The van der Waals surface area contributed by atoms with Crippen molar-refractivity contribution in [2.24, 2.45) is 0 Å². The number of piperazine rings is 3. The van der Waals surface area contributed by atoms with E-state index in [1.807, 2.05) is 56.2 Å². The molecule has 696 valence electrons. The number of nitrogen functional groups attached to an aromatic ring is 3. The molecule has 0 spiro atoms. The predicted molar refractivity (Wildman–Crippen MR) is 517 cm³/mol. The van der Waals surface area contributed by atoms with Crippen LogP contribution in [0, 0.1) is 89.7 Å². The Morgan fingerprint density at radius 3 is 0.793 bits per heavy atom. The number of amides is 3. The van der Waals surface area contributed by atoms with Crippen LogP contribution < -0.4 is 48.6 Å². The summed E-state index contributed by atoms with van der Waals surface area (Å²) in [5, 5.41) is 27.6. The van der Waals surface area contributed by atoms with Crippen molar-refractivity contribution in [3.8, 4) is 69.0 Å². The van der Waals surface area contributed by atoms with Crippen molar-refractivity contribution in [3.63, 3.8) is 0 Å². The smallest absolute Gasteiger partial charge is 0.276 e. The number of fused-ring (bicyclic) bond motifs is 3. The Bertz CT molecular complexity index is 6650. The van der Waals surface area contributed by atoms with E-state index in [-0.39, 0.29) is 174 Å². The van der Waals surface area contributed by atoms with Crippen LogP contribution in [0.4, 0.5) is 60.5 Å². The van der Waals surface area contributed by atoms with Gasteiger partial charge >= 0.3 is 0 Å². The van der Waals surface area contributed by atoms with Crippen LogP contribution in [0.2, 0.25) is 45.2 Å². The zero-order chi connectivity index (χ0) is 98.7. The molecule has 3 amide bonds. The highest BCUT2D eigenvalue weighted by molar-refractivity contribution is 6.42. The van der Waals surface area contributed by atoms with Crippen molar-refractivity contribution in [2.45, 2.75) is 80.1 Å². The molecule has 12 aromatic rings. The van der Waals surface area contributed by atoms with Gasteiger partial charge in [0.25, 0.3) is 16.7 Å². The molecule has 6 N–H and O–H groups in total. The van der Waals surface area contributed by atoms with Crippen molar-refractivity contribution in [1.82, 2.24) is 58.3 Å². The highest BCUT2D eigenvalue weighted by Crippen LogP contribution is 2.50. The van der Waals surface area contributed by atoms with Crippen molar-refractivity contribution < 1.29 is 40.7 Å². The van der Waals surface area contributed by atoms with E-state index in [1.54, 1.807) is 72.3 Å². The third-order valence-electron chi connectivity index (χ3n) is 23.2. The number of aryl methyl sites for hydroxylation is 3. The van der Waals surface area contributed by atoms with E-state index in [0.717, 1.165) is 0 Å². The van der Waals surface area contributed by atoms with Gasteiger partial charge in [0.1, 0.15) is 66.9 Å². The molecule has 3 saturated heterocycles. The number of carbonyl (C=O) groups excluding carboxylic acids is 3. The summed E-state index contributed by atoms with van der Waals surface area (Å²) in [5.41, 5.74) is 19.0. The summed E-state index contributed by atoms with van der Waals surface area (Å²) >= 11 is 57.1. The summed E-state index contributed by atoms with van der Waals surface area (Å²) in [6, 6.07) is 15.8. The Hall–Kier alpha value is -12.7. The first kappa shape index (κ1) is 99.7. The molecule has 0 radical (unpaired) electrons. The van der Waals surface area contributed by atoms with Crippen LogP contribution >= 0.6 is 104 Å². The molecule has 0 aliphatic carbocycles. The molecular formula is C93H78Cl9F6N21O6. The summed E-state index contributed by atoms with van der Waals surface area (Å²) in [6.07, 6.45) is 8.52. The molecule has 3 aromatic carbocycles. The fourth-order valence-electron chi connectivity index (χ4n) is 16.6. The Morgan fingerprint density at radius 1 is 0.378 bits per heavy atom. The van der Waals surface area contributed by atoms with Gasteiger partial charge in [-0.25, -0.2) is 41.3 Å². The van der Waals surface area contributed by atoms with Gasteiger partial charge in [0.2, 0.25) is 17.7 Å². The number of aromatic nitrogens is 9. The average Bonchev–Trinajstić information content (AvgIpc) is 0.728. The number of hydrogen-bond donors (Lipinski definition) is 3. The van der Waals surface area contributed by atoms with Gasteiger partial charge in [0.05, 0.1) is 115 Å². The van der Waals surface area contributed by atoms with E-state index in [4.69, 9.17) is 137 Å². The van der Waals surface area contributed by atoms with E-state index in [1.165, 1.54) is 50.1 Å². The van der Waals surface area contributed by atoms with Crippen LogP contribution in [0.3, 0.4) is 0 Å². The fourth-order valence-corrected chi connectivity index (χ4v) is 18.7. The quantitative estimate of drug-likeness (QED) is 0.0282. The lowest BCUT2D eigenvalue weighted by atomic mass is 10.0. The molecule has 3 aliphatic rings. The molecule has 0 unspecified atom stereocenters. The Morgan fingerprint density at radius 2 is 0.593 bits per heavy atom. The molecule has 3 fully saturated rings. The van der Waals surface area contributed by atoms with Crippen LogP contribution in [0.1, 0.15) is 110 Å². The van der Waals surface area contributed by atoms with E-state index >= 15 is 0 Å². The summed E-state index contributed by atoms with van der Waals surface area (Å²) in [7, 11) is 0. The Labute approximate surface area is 812 Å². The van der Waals surface area contributed by atoms with Crippen molar-refractivity contribution >= 4 is 189 Å². The second-order valence-corrected chi connectivity index (χ2v) is 35.7. The van der Waals surface area contributed by atoms with E-state index in [0.29, 0.717) is 106 Å². The van der Waals surface area contributed by atoms with Crippen molar-refractivity contribution in [3.05, 3.63) is 255 Å².